The predicted molar refractivity (Wildman–Crippen MR) is 110 cm³/mol. The number of carbonyl (C=O) groups is 1. The standard InChI is InChI=1S/C23H36O3/c1-8-13-22(4,5)18-15-17(11-12-20(24)26-10-3)16-19(21(18)25)23(6,7)14-9-2/h11-12,15-16,25H,8-10,13-14H2,1-7H3. The Balaban J connectivity index is 3.50. The second kappa shape index (κ2) is 9.25. The molecule has 0 heterocycles. The summed E-state index contributed by atoms with van der Waals surface area (Å²) < 4.78 is 4.98. The van der Waals surface area contributed by atoms with Crippen molar-refractivity contribution in [3.05, 3.63) is 34.9 Å². The van der Waals surface area contributed by atoms with E-state index in [9.17, 15) is 9.90 Å². The fourth-order valence-corrected chi connectivity index (χ4v) is 3.66. The molecule has 0 saturated heterocycles. The van der Waals surface area contributed by atoms with Crippen LogP contribution in [0.3, 0.4) is 0 Å². The number of ether oxygens (including phenoxy) is 1. The van der Waals surface area contributed by atoms with E-state index in [-0.39, 0.29) is 16.8 Å². The smallest absolute Gasteiger partial charge is 0.330 e. The maximum absolute atomic E-state index is 11.7. The lowest BCUT2D eigenvalue weighted by Gasteiger charge is -2.32. The molecule has 0 aromatic heterocycles. The second-order valence-corrected chi connectivity index (χ2v) is 8.32. The van der Waals surface area contributed by atoms with E-state index < -0.39 is 0 Å². The molecule has 26 heavy (non-hydrogen) atoms. The van der Waals surface area contributed by atoms with Gasteiger partial charge in [0.2, 0.25) is 0 Å². The number of phenolic OH excluding ortho intramolecular Hbond substituents is 1. The predicted octanol–water partition coefficient (Wildman–Crippen LogP) is 6.12. The van der Waals surface area contributed by atoms with Crippen molar-refractivity contribution >= 4 is 12.0 Å². The van der Waals surface area contributed by atoms with Crippen molar-refractivity contribution in [1.82, 2.24) is 0 Å². The first-order valence-corrected chi connectivity index (χ1v) is 9.81. The summed E-state index contributed by atoms with van der Waals surface area (Å²) in [6.07, 6.45) is 7.31. The molecule has 1 rings (SSSR count). The maximum Gasteiger partial charge on any atom is 0.330 e. The minimum Gasteiger partial charge on any atom is -0.507 e. The van der Waals surface area contributed by atoms with Gasteiger partial charge in [-0.05, 0) is 54.4 Å². The van der Waals surface area contributed by atoms with E-state index in [4.69, 9.17) is 4.74 Å². The summed E-state index contributed by atoms with van der Waals surface area (Å²) in [5.74, 6) is 0.0551. The molecule has 0 aliphatic heterocycles. The van der Waals surface area contributed by atoms with Crippen LogP contribution in [-0.4, -0.2) is 17.7 Å². The SMILES string of the molecule is CCCC(C)(C)c1cc(C=CC(=O)OCC)cc(C(C)(C)CCC)c1O. The van der Waals surface area contributed by atoms with Crippen molar-refractivity contribution in [3.8, 4) is 5.75 Å². The van der Waals surface area contributed by atoms with E-state index in [1.165, 1.54) is 6.08 Å². The van der Waals surface area contributed by atoms with Gasteiger partial charge in [0.25, 0.3) is 0 Å². The Labute approximate surface area is 159 Å². The molecule has 1 N–H and O–H groups in total. The first-order valence-electron chi connectivity index (χ1n) is 9.81. The van der Waals surface area contributed by atoms with E-state index in [0.29, 0.717) is 12.4 Å². The average Bonchev–Trinajstić information content (AvgIpc) is 2.53. The Kier molecular flexibility index (Phi) is 7.92. The van der Waals surface area contributed by atoms with Gasteiger partial charge in [-0.2, -0.15) is 0 Å². The van der Waals surface area contributed by atoms with E-state index in [0.717, 1.165) is 42.4 Å². The number of hydrogen-bond acceptors (Lipinski definition) is 3. The Morgan fingerprint density at radius 2 is 1.46 bits per heavy atom. The molecule has 0 aliphatic carbocycles. The lowest BCUT2D eigenvalue weighted by molar-refractivity contribution is -0.137. The number of phenols is 1. The van der Waals surface area contributed by atoms with Crippen LogP contribution < -0.4 is 0 Å². The molecule has 3 heteroatoms. The van der Waals surface area contributed by atoms with Crippen LogP contribution in [0.4, 0.5) is 0 Å². The topological polar surface area (TPSA) is 46.5 Å². The van der Waals surface area contributed by atoms with E-state index in [2.05, 4.69) is 41.5 Å². The van der Waals surface area contributed by atoms with E-state index in [1.54, 1.807) is 13.0 Å². The van der Waals surface area contributed by atoms with Gasteiger partial charge < -0.3 is 9.84 Å². The van der Waals surface area contributed by atoms with Gasteiger partial charge in [0, 0.05) is 17.2 Å². The molecule has 0 bridgehead atoms. The highest BCUT2D eigenvalue weighted by Crippen LogP contribution is 2.43. The lowest BCUT2D eigenvalue weighted by atomic mass is 9.73. The van der Waals surface area contributed by atoms with Gasteiger partial charge in [-0.25, -0.2) is 4.79 Å². The Hall–Kier alpha value is -1.77. The van der Waals surface area contributed by atoms with Crippen LogP contribution in [0.25, 0.3) is 6.08 Å². The number of aromatic hydroxyl groups is 1. The zero-order valence-corrected chi connectivity index (χ0v) is 17.6. The van der Waals surface area contributed by atoms with Crippen molar-refractivity contribution in [2.24, 2.45) is 0 Å². The summed E-state index contributed by atoms with van der Waals surface area (Å²) in [5, 5.41) is 11.1. The summed E-state index contributed by atoms with van der Waals surface area (Å²) in [7, 11) is 0. The normalized spacial score (nSPS) is 12.6. The van der Waals surface area contributed by atoms with Crippen molar-refractivity contribution in [2.45, 2.75) is 85.0 Å². The Morgan fingerprint density at radius 3 is 1.85 bits per heavy atom. The number of esters is 1. The lowest BCUT2D eigenvalue weighted by Crippen LogP contribution is -2.22. The van der Waals surface area contributed by atoms with Crippen LogP contribution >= 0.6 is 0 Å². The molecule has 0 radical (unpaired) electrons. The first kappa shape index (κ1) is 22.3. The number of carbonyl (C=O) groups excluding carboxylic acids is 1. The van der Waals surface area contributed by atoms with E-state index >= 15 is 0 Å². The zero-order chi connectivity index (χ0) is 20.0. The minimum atomic E-state index is -0.343. The van der Waals surface area contributed by atoms with Crippen LogP contribution in [0.15, 0.2) is 18.2 Å². The largest absolute Gasteiger partial charge is 0.507 e. The van der Waals surface area contributed by atoms with Crippen molar-refractivity contribution < 1.29 is 14.6 Å². The fourth-order valence-electron chi connectivity index (χ4n) is 3.66. The van der Waals surface area contributed by atoms with Gasteiger partial charge >= 0.3 is 5.97 Å². The highest BCUT2D eigenvalue weighted by Gasteiger charge is 2.30. The van der Waals surface area contributed by atoms with Gasteiger partial charge in [-0.15, -0.1) is 0 Å². The minimum absolute atomic E-state index is 0.135. The van der Waals surface area contributed by atoms with Crippen LogP contribution in [0.5, 0.6) is 5.75 Å². The number of hydrogen-bond donors (Lipinski definition) is 1. The van der Waals surface area contributed by atoms with Crippen LogP contribution in [0.1, 0.15) is 90.8 Å². The van der Waals surface area contributed by atoms with Gasteiger partial charge in [0.15, 0.2) is 0 Å². The van der Waals surface area contributed by atoms with Crippen LogP contribution in [0.2, 0.25) is 0 Å². The molecule has 0 spiro atoms. The summed E-state index contributed by atoms with van der Waals surface area (Å²) in [6.45, 7) is 15.1. The Morgan fingerprint density at radius 1 is 1.00 bits per heavy atom. The summed E-state index contributed by atoms with van der Waals surface area (Å²) in [4.78, 5) is 11.7. The quantitative estimate of drug-likeness (QED) is 0.426. The molecule has 1 aromatic rings. The fraction of sp³-hybridized carbons (Fsp3) is 0.609. The van der Waals surface area contributed by atoms with Gasteiger partial charge in [0.05, 0.1) is 6.61 Å². The van der Waals surface area contributed by atoms with Crippen molar-refractivity contribution in [2.75, 3.05) is 6.61 Å². The molecule has 146 valence electrons. The molecule has 0 fully saturated rings. The molecule has 3 nitrogen and oxygen atoms in total. The number of rotatable bonds is 9. The highest BCUT2D eigenvalue weighted by molar-refractivity contribution is 5.87. The summed E-state index contributed by atoms with van der Waals surface area (Å²) >= 11 is 0. The van der Waals surface area contributed by atoms with Crippen molar-refractivity contribution in [3.63, 3.8) is 0 Å². The van der Waals surface area contributed by atoms with Gasteiger partial charge in [0.1, 0.15) is 5.75 Å². The molecule has 0 unspecified atom stereocenters. The third-order valence-corrected chi connectivity index (χ3v) is 5.04. The highest BCUT2D eigenvalue weighted by atomic mass is 16.5. The third-order valence-electron chi connectivity index (χ3n) is 5.04. The first-order chi connectivity index (χ1) is 12.1. The monoisotopic (exact) mass is 360 g/mol. The molecule has 0 amide bonds. The summed E-state index contributed by atoms with van der Waals surface area (Å²) in [5.41, 5.74) is 2.55. The Bertz CT molecular complexity index is 600. The zero-order valence-electron chi connectivity index (χ0n) is 17.6. The van der Waals surface area contributed by atoms with E-state index in [1.807, 2.05) is 12.1 Å². The summed E-state index contributed by atoms with van der Waals surface area (Å²) in [6, 6.07) is 4.01. The average molecular weight is 361 g/mol. The molecular weight excluding hydrogens is 324 g/mol. The van der Waals surface area contributed by atoms with Gasteiger partial charge in [-0.1, -0.05) is 54.4 Å². The van der Waals surface area contributed by atoms with Gasteiger partial charge in [-0.3, -0.25) is 0 Å². The molecule has 0 aliphatic rings. The number of benzene rings is 1. The maximum atomic E-state index is 11.7. The van der Waals surface area contributed by atoms with Crippen LogP contribution in [0, 0.1) is 0 Å². The third kappa shape index (κ3) is 5.62. The second-order valence-electron chi connectivity index (χ2n) is 8.32. The molecule has 1 aromatic carbocycles. The molecular formula is C23H36O3. The van der Waals surface area contributed by atoms with Crippen LogP contribution in [-0.2, 0) is 20.4 Å². The van der Waals surface area contributed by atoms with Crippen molar-refractivity contribution in [1.29, 1.82) is 0 Å². The molecule has 0 saturated carbocycles. The molecule has 0 atom stereocenters.